The Balaban J connectivity index is 1.63. The fraction of sp³-hybridized carbons (Fsp3) is 0.273. The SMILES string of the molecule is CCOC(=O)N1CCN(C(=O)c2cc(-c3ccccn3)nc3ccccc23)CC1. The van der Waals surface area contributed by atoms with Crippen LogP contribution in [0.5, 0.6) is 0 Å². The molecule has 0 radical (unpaired) electrons. The Morgan fingerprint density at radius 2 is 1.69 bits per heavy atom. The van der Waals surface area contributed by atoms with Crippen molar-refractivity contribution in [2.75, 3.05) is 32.8 Å². The summed E-state index contributed by atoms with van der Waals surface area (Å²) in [5.74, 6) is -0.0655. The van der Waals surface area contributed by atoms with E-state index >= 15 is 0 Å². The molecule has 1 aromatic carbocycles. The average molecular weight is 390 g/mol. The van der Waals surface area contributed by atoms with Gasteiger partial charge in [0.15, 0.2) is 0 Å². The minimum atomic E-state index is -0.327. The number of rotatable bonds is 3. The summed E-state index contributed by atoms with van der Waals surface area (Å²) in [4.78, 5) is 37.7. The van der Waals surface area contributed by atoms with Gasteiger partial charge in [-0.05, 0) is 31.2 Å². The summed E-state index contributed by atoms with van der Waals surface area (Å²) < 4.78 is 5.05. The van der Waals surface area contributed by atoms with Gasteiger partial charge in [0.2, 0.25) is 0 Å². The van der Waals surface area contributed by atoms with Gasteiger partial charge in [-0.1, -0.05) is 24.3 Å². The first-order chi connectivity index (χ1) is 14.2. The van der Waals surface area contributed by atoms with Crippen molar-refractivity contribution in [1.82, 2.24) is 19.8 Å². The Bertz CT molecular complexity index is 1030. The summed E-state index contributed by atoms with van der Waals surface area (Å²) in [7, 11) is 0. The van der Waals surface area contributed by atoms with E-state index in [1.165, 1.54) is 0 Å². The molecule has 2 amide bonds. The Kier molecular flexibility index (Phi) is 5.37. The van der Waals surface area contributed by atoms with Crippen molar-refractivity contribution in [1.29, 1.82) is 0 Å². The summed E-state index contributed by atoms with van der Waals surface area (Å²) >= 11 is 0. The number of benzene rings is 1. The second-order valence-electron chi connectivity index (χ2n) is 6.77. The molecule has 1 saturated heterocycles. The molecule has 4 rings (SSSR count). The molecule has 148 valence electrons. The maximum absolute atomic E-state index is 13.3. The predicted octanol–water partition coefficient (Wildman–Crippen LogP) is 3.21. The van der Waals surface area contributed by atoms with Crippen LogP contribution in [-0.4, -0.2) is 64.6 Å². The van der Waals surface area contributed by atoms with Crippen molar-refractivity contribution < 1.29 is 14.3 Å². The largest absolute Gasteiger partial charge is 0.450 e. The fourth-order valence-electron chi connectivity index (χ4n) is 3.48. The van der Waals surface area contributed by atoms with Crippen molar-refractivity contribution in [3.63, 3.8) is 0 Å². The Labute approximate surface area is 168 Å². The third-order valence-corrected chi connectivity index (χ3v) is 4.97. The van der Waals surface area contributed by atoms with E-state index < -0.39 is 0 Å². The molecule has 0 saturated carbocycles. The van der Waals surface area contributed by atoms with Gasteiger partial charge in [-0.2, -0.15) is 0 Å². The van der Waals surface area contributed by atoms with Crippen LogP contribution in [0.1, 0.15) is 17.3 Å². The van der Waals surface area contributed by atoms with Crippen LogP contribution in [0.3, 0.4) is 0 Å². The summed E-state index contributed by atoms with van der Waals surface area (Å²) in [5.41, 5.74) is 2.74. The lowest BCUT2D eigenvalue weighted by Gasteiger charge is -2.34. The fourth-order valence-corrected chi connectivity index (χ4v) is 3.48. The number of amides is 2. The van der Waals surface area contributed by atoms with E-state index in [4.69, 9.17) is 4.74 Å². The average Bonchev–Trinajstić information content (AvgIpc) is 2.78. The van der Waals surface area contributed by atoms with Crippen LogP contribution in [0.15, 0.2) is 54.7 Å². The molecule has 2 aromatic heterocycles. The van der Waals surface area contributed by atoms with E-state index in [1.54, 1.807) is 22.9 Å². The molecule has 0 unspecified atom stereocenters. The van der Waals surface area contributed by atoms with Crippen molar-refractivity contribution in [2.24, 2.45) is 0 Å². The highest BCUT2D eigenvalue weighted by molar-refractivity contribution is 6.07. The summed E-state index contributed by atoms with van der Waals surface area (Å²) in [6.07, 6.45) is 1.38. The summed E-state index contributed by atoms with van der Waals surface area (Å²) in [6.45, 7) is 3.98. The van der Waals surface area contributed by atoms with Gasteiger partial charge in [0.25, 0.3) is 5.91 Å². The van der Waals surface area contributed by atoms with Gasteiger partial charge in [-0.25, -0.2) is 9.78 Å². The number of hydrogen-bond donors (Lipinski definition) is 0. The molecule has 0 bridgehead atoms. The van der Waals surface area contributed by atoms with Crippen LogP contribution in [0.2, 0.25) is 0 Å². The van der Waals surface area contributed by atoms with Gasteiger partial charge in [0.1, 0.15) is 0 Å². The molecule has 0 N–H and O–H groups in total. The zero-order chi connectivity index (χ0) is 20.2. The number of fused-ring (bicyclic) bond motifs is 1. The van der Waals surface area contributed by atoms with Crippen LogP contribution in [0, 0.1) is 0 Å². The number of hydrogen-bond acceptors (Lipinski definition) is 5. The van der Waals surface area contributed by atoms with Crippen LogP contribution in [-0.2, 0) is 4.74 Å². The molecular formula is C22H22N4O3. The van der Waals surface area contributed by atoms with E-state index in [9.17, 15) is 9.59 Å². The molecule has 0 spiro atoms. The van der Waals surface area contributed by atoms with Gasteiger partial charge >= 0.3 is 6.09 Å². The second-order valence-corrected chi connectivity index (χ2v) is 6.77. The molecule has 0 atom stereocenters. The molecular weight excluding hydrogens is 368 g/mol. The lowest BCUT2D eigenvalue weighted by molar-refractivity contribution is 0.0572. The number of piperazine rings is 1. The lowest BCUT2D eigenvalue weighted by atomic mass is 10.0. The van der Waals surface area contributed by atoms with Crippen molar-refractivity contribution in [3.05, 3.63) is 60.3 Å². The van der Waals surface area contributed by atoms with E-state index in [0.29, 0.717) is 44.0 Å². The Hall–Kier alpha value is -3.48. The number of aromatic nitrogens is 2. The topological polar surface area (TPSA) is 75.6 Å². The number of carbonyl (C=O) groups excluding carboxylic acids is 2. The molecule has 7 heteroatoms. The number of nitrogens with zero attached hydrogens (tertiary/aromatic N) is 4. The summed E-state index contributed by atoms with van der Waals surface area (Å²) in [6, 6.07) is 15.1. The first-order valence-corrected chi connectivity index (χ1v) is 9.69. The predicted molar refractivity (Wildman–Crippen MR) is 109 cm³/mol. The van der Waals surface area contributed by atoms with Crippen molar-refractivity contribution in [2.45, 2.75) is 6.92 Å². The second kappa shape index (κ2) is 8.26. The first kappa shape index (κ1) is 18.9. The maximum Gasteiger partial charge on any atom is 0.409 e. The molecule has 3 aromatic rings. The smallest absolute Gasteiger partial charge is 0.409 e. The van der Waals surface area contributed by atoms with Gasteiger partial charge in [-0.15, -0.1) is 0 Å². The van der Waals surface area contributed by atoms with Gasteiger partial charge in [-0.3, -0.25) is 9.78 Å². The number of ether oxygens (including phenoxy) is 1. The highest BCUT2D eigenvalue weighted by atomic mass is 16.6. The Morgan fingerprint density at radius 1 is 0.966 bits per heavy atom. The van der Waals surface area contributed by atoms with Crippen LogP contribution in [0.4, 0.5) is 4.79 Å². The Morgan fingerprint density at radius 3 is 2.41 bits per heavy atom. The molecule has 1 aliphatic rings. The zero-order valence-electron chi connectivity index (χ0n) is 16.2. The zero-order valence-corrected chi connectivity index (χ0v) is 16.2. The monoisotopic (exact) mass is 390 g/mol. The van der Waals surface area contributed by atoms with Crippen molar-refractivity contribution in [3.8, 4) is 11.4 Å². The highest BCUT2D eigenvalue weighted by Gasteiger charge is 2.27. The maximum atomic E-state index is 13.3. The number of para-hydroxylation sites is 1. The molecule has 1 aliphatic heterocycles. The standard InChI is InChI=1S/C22H22N4O3/c1-2-29-22(28)26-13-11-25(12-14-26)21(27)17-15-20(19-9-5-6-10-23-19)24-18-8-4-3-7-16(17)18/h3-10,15H,2,11-14H2,1H3. The molecule has 1 fully saturated rings. The third-order valence-electron chi connectivity index (χ3n) is 4.97. The van der Waals surface area contributed by atoms with E-state index in [0.717, 1.165) is 16.6 Å². The highest BCUT2D eigenvalue weighted by Crippen LogP contribution is 2.25. The molecule has 0 aliphatic carbocycles. The normalized spacial score (nSPS) is 14.1. The first-order valence-electron chi connectivity index (χ1n) is 9.69. The van der Waals surface area contributed by atoms with Crippen LogP contribution in [0.25, 0.3) is 22.3 Å². The van der Waals surface area contributed by atoms with Crippen LogP contribution < -0.4 is 0 Å². The number of carbonyl (C=O) groups is 2. The van der Waals surface area contributed by atoms with Crippen LogP contribution >= 0.6 is 0 Å². The minimum Gasteiger partial charge on any atom is -0.450 e. The molecule has 29 heavy (non-hydrogen) atoms. The van der Waals surface area contributed by atoms with Crippen molar-refractivity contribution >= 4 is 22.9 Å². The van der Waals surface area contributed by atoms with Gasteiger partial charge in [0, 0.05) is 37.8 Å². The quantitative estimate of drug-likeness (QED) is 0.686. The van der Waals surface area contributed by atoms with E-state index in [-0.39, 0.29) is 12.0 Å². The molecule has 3 heterocycles. The van der Waals surface area contributed by atoms with Gasteiger partial charge < -0.3 is 14.5 Å². The van der Waals surface area contributed by atoms with E-state index in [1.807, 2.05) is 48.5 Å². The van der Waals surface area contributed by atoms with Gasteiger partial charge in [0.05, 0.1) is 29.1 Å². The molecule has 7 nitrogen and oxygen atoms in total. The van der Waals surface area contributed by atoms with E-state index in [2.05, 4.69) is 9.97 Å². The summed E-state index contributed by atoms with van der Waals surface area (Å²) in [5, 5.41) is 0.810. The third kappa shape index (κ3) is 3.89. The number of pyridine rings is 2. The minimum absolute atomic E-state index is 0.0655. The lowest BCUT2D eigenvalue weighted by Crippen LogP contribution is -2.50.